The molecule has 1 fully saturated rings. The zero-order chi connectivity index (χ0) is 6.20. The highest BCUT2D eigenvalue weighted by atomic mass is 17.4. The number of hydrogen-bond donors (Lipinski definition) is 2. The molecule has 1 saturated heterocycles. The predicted octanol–water partition coefficient (Wildman–Crippen LogP) is -1.88. The standard InChI is InChI=1S/C3H5NO4/c4-2(6)3(1-5)7-8-3/h5H,1H2,(H2,4,6). The molecule has 0 bridgehead atoms. The number of nitrogens with two attached hydrogens (primary N) is 1. The van der Waals surface area contributed by atoms with Crippen molar-refractivity contribution in [2.45, 2.75) is 5.79 Å². The average molecular weight is 119 g/mol. The minimum Gasteiger partial charge on any atom is -0.390 e. The Morgan fingerprint density at radius 3 is 2.25 bits per heavy atom. The van der Waals surface area contributed by atoms with E-state index < -0.39 is 18.3 Å². The number of carbonyl (C=O) groups excluding carboxylic acids is 1. The van der Waals surface area contributed by atoms with Crippen molar-refractivity contribution in [2.75, 3.05) is 6.61 Å². The molecule has 1 aliphatic heterocycles. The summed E-state index contributed by atoms with van der Waals surface area (Å²) in [5, 5.41) is 8.28. The molecule has 5 heteroatoms. The quantitative estimate of drug-likeness (QED) is 0.329. The SMILES string of the molecule is NC(=O)C1(CO)OO1. The third-order valence-corrected chi connectivity index (χ3v) is 0.868. The van der Waals surface area contributed by atoms with E-state index >= 15 is 0 Å². The predicted molar refractivity (Wildman–Crippen MR) is 21.2 cm³/mol. The highest BCUT2D eigenvalue weighted by Gasteiger charge is 2.55. The van der Waals surface area contributed by atoms with Gasteiger partial charge in [-0.2, -0.15) is 9.78 Å². The van der Waals surface area contributed by atoms with Crippen LogP contribution in [0.3, 0.4) is 0 Å². The monoisotopic (exact) mass is 119 g/mol. The molecule has 0 saturated carbocycles. The van der Waals surface area contributed by atoms with E-state index in [9.17, 15) is 4.79 Å². The number of aliphatic hydroxyl groups is 1. The van der Waals surface area contributed by atoms with Crippen molar-refractivity contribution < 1.29 is 19.7 Å². The van der Waals surface area contributed by atoms with Gasteiger partial charge in [0.2, 0.25) is 0 Å². The number of hydrogen-bond acceptors (Lipinski definition) is 4. The van der Waals surface area contributed by atoms with E-state index in [4.69, 9.17) is 10.8 Å². The first-order chi connectivity index (χ1) is 3.71. The summed E-state index contributed by atoms with van der Waals surface area (Å²) >= 11 is 0. The normalized spacial score (nSPS) is 22.6. The van der Waals surface area contributed by atoms with Gasteiger partial charge in [-0.05, 0) is 0 Å². The second kappa shape index (κ2) is 1.41. The van der Waals surface area contributed by atoms with Crippen LogP contribution < -0.4 is 5.73 Å². The summed E-state index contributed by atoms with van der Waals surface area (Å²) in [6.07, 6.45) is 0. The van der Waals surface area contributed by atoms with Crippen molar-refractivity contribution in [3.8, 4) is 0 Å². The second-order valence-corrected chi connectivity index (χ2v) is 1.44. The lowest BCUT2D eigenvalue weighted by Gasteiger charge is -1.92. The summed E-state index contributed by atoms with van der Waals surface area (Å²) in [6.45, 7) is -0.525. The van der Waals surface area contributed by atoms with Gasteiger partial charge in [0.1, 0.15) is 6.61 Å². The Labute approximate surface area is 44.9 Å². The molecular weight excluding hydrogens is 114 g/mol. The van der Waals surface area contributed by atoms with E-state index in [0.717, 1.165) is 0 Å². The van der Waals surface area contributed by atoms with Gasteiger partial charge in [-0.3, -0.25) is 4.79 Å². The van der Waals surface area contributed by atoms with Crippen molar-refractivity contribution in [3.63, 3.8) is 0 Å². The highest BCUT2D eigenvalue weighted by molar-refractivity contribution is 5.83. The van der Waals surface area contributed by atoms with E-state index in [0.29, 0.717) is 0 Å². The van der Waals surface area contributed by atoms with Crippen LogP contribution in [0.5, 0.6) is 0 Å². The van der Waals surface area contributed by atoms with Gasteiger partial charge in [0.25, 0.3) is 5.91 Å². The first-order valence-electron chi connectivity index (χ1n) is 1.99. The molecule has 0 unspecified atom stereocenters. The molecule has 1 rings (SSSR count). The molecular formula is C3H5NO4. The Hall–Kier alpha value is -0.650. The molecule has 0 aromatic rings. The molecule has 1 aliphatic rings. The Bertz CT molecular complexity index is 118. The summed E-state index contributed by atoms with van der Waals surface area (Å²) in [5.74, 6) is -2.32. The number of carbonyl (C=O) groups is 1. The molecule has 0 aromatic carbocycles. The van der Waals surface area contributed by atoms with Crippen molar-refractivity contribution in [3.05, 3.63) is 0 Å². The molecule has 1 heterocycles. The summed E-state index contributed by atoms with van der Waals surface area (Å²) in [7, 11) is 0. The van der Waals surface area contributed by atoms with Gasteiger partial charge in [0, 0.05) is 0 Å². The molecule has 0 atom stereocenters. The van der Waals surface area contributed by atoms with Gasteiger partial charge in [-0.15, -0.1) is 0 Å². The van der Waals surface area contributed by atoms with Crippen LogP contribution in [-0.2, 0) is 14.6 Å². The maximum atomic E-state index is 10.1. The summed E-state index contributed by atoms with van der Waals surface area (Å²) in [5.41, 5.74) is 4.69. The Balaban J connectivity index is 2.53. The first-order valence-corrected chi connectivity index (χ1v) is 1.99. The number of primary amides is 1. The van der Waals surface area contributed by atoms with Crippen molar-refractivity contribution in [1.29, 1.82) is 0 Å². The fourth-order valence-electron chi connectivity index (χ4n) is 0.263. The van der Waals surface area contributed by atoms with Crippen LogP contribution in [0.2, 0.25) is 0 Å². The largest absolute Gasteiger partial charge is 0.390 e. The molecule has 3 N–H and O–H groups in total. The van der Waals surface area contributed by atoms with Crippen LogP contribution in [-0.4, -0.2) is 23.4 Å². The van der Waals surface area contributed by atoms with Gasteiger partial charge < -0.3 is 10.8 Å². The smallest absolute Gasteiger partial charge is 0.332 e. The van der Waals surface area contributed by atoms with E-state index in [1.165, 1.54) is 0 Å². The number of amides is 1. The molecule has 0 radical (unpaired) electrons. The van der Waals surface area contributed by atoms with E-state index in [-0.39, 0.29) is 0 Å². The fourth-order valence-corrected chi connectivity index (χ4v) is 0.263. The molecule has 8 heavy (non-hydrogen) atoms. The van der Waals surface area contributed by atoms with Crippen molar-refractivity contribution in [1.82, 2.24) is 0 Å². The topological polar surface area (TPSA) is 88.4 Å². The van der Waals surface area contributed by atoms with Crippen LogP contribution in [0.4, 0.5) is 0 Å². The zero-order valence-corrected chi connectivity index (χ0v) is 3.96. The Kier molecular flexibility index (Phi) is 0.968. The van der Waals surface area contributed by atoms with Gasteiger partial charge in [0.15, 0.2) is 0 Å². The van der Waals surface area contributed by atoms with Crippen LogP contribution in [0.1, 0.15) is 0 Å². The lowest BCUT2D eigenvalue weighted by Crippen LogP contribution is -2.34. The first kappa shape index (κ1) is 5.49. The zero-order valence-electron chi connectivity index (χ0n) is 3.96. The van der Waals surface area contributed by atoms with Gasteiger partial charge >= 0.3 is 5.79 Å². The maximum Gasteiger partial charge on any atom is 0.332 e. The van der Waals surface area contributed by atoms with E-state index in [1.54, 1.807) is 0 Å². The lowest BCUT2D eigenvalue weighted by molar-refractivity contribution is -0.125. The highest BCUT2D eigenvalue weighted by Crippen LogP contribution is 2.27. The summed E-state index contributed by atoms with van der Waals surface area (Å²) in [4.78, 5) is 18.3. The Morgan fingerprint density at radius 2 is 2.25 bits per heavy atom. The van der Waals surface area contributed by atoms with Crippen LogP contribution in [0.15, 0.2) is 0 Å². The molecule has 0 spiro atoms. The van der Waals surface area contributed by atoms with Gasteiger partial charge in [-0.1, -0.05) is 0 Å². The molecule has 5 nitrogen and oxygen atoms in total. The average Bonchev–Trinajstić information content (AvgIpc) is 2.44. The number of rotatable bonds is 2. The number of aliphatic hydroxyl groups excluding tert-OH is 1. The van der Waals surface area contributed by atoms with Crippen LogP contribution in [0, 0.1) is 0 Å². The molecule has 46 valence electrons. The van der Waals surface area contributed by atoms with Gasteiger partial charge in [0.05, 0.1) is 0 Å². The third-order valence-electron chi connectivity index (χ3n) is 0.868. The van der Waals surface area contributed by atoms with Crippen LogP contribution in [0.25, 0.3) is 0 Å². The van der Waals surface area contributed by atoms with E-state index in [1.807, 2.05) is 0 Å². The molecule has 0 aliphatic carbocycles. The fraction of sp³-hybridized carbons (Fsp3) is 0.667. The Morgan fingerprint density at radius 1 is 1.75 bits per heavy atom. The lowest BCUT2D eigenvalue weighted by atomic mass is 10.3. The molecule has 0 aromatic heterocycles. The van der Waals surface area contributed by atoms with Crippen molar-refractivity contribution >= 4 is 5.91 Å². The minimum atomic E-state index is -1.51. The summed E-state index contributed by atoms with van der Waals surface area (Å²) in [6, 6.07) is 0. The van der Waals surface area contributed by atoms with Gasteiger partial charge in [-0.25, -0.2) is 0 Å². The second-order valence-electron chi connectivity index (χ2n) is 1.44. The minimum absolute atomic E-state index is 0.525. The third kappa shape index (κ3) is 0.568. The summed E-state index contributed by atoms with van der Waals surface area (Å²) < 4.78 is 0. The maximum absolute atomic E-state index is 10.1. The van der Waals surface area contributed by atoms with E-state index in [2.05, 4.69) is 9.78 Å². The van der Waals surface area contributed by atoms with Crippen LogP contribution >= 0.6 is 0 Å². The molecule has 1 amide bonds. The van der Waals surface area contributed by atoms with Crippen molar-refractivity contribution in [2.24, 2.45) is 5.73 Å².